The zero-order chi connectivity index (χ0) is 23.1. The number of sulfone groups is 1. The highest BCUT2D eigenvalue weighted by molar-refractivity contribution is 7.98. The molecule has 0 unspecified atom stereocenters. The molecule has 0 heterocycles. The highest BCUT2D eigenvalue weighted by Crippen LogP contribution is 2.29. The van der Waals surface area contributed by atoms with E-state index in [2.05, 4.69) is 0 Å². The van der Waals surface area contributed by atoms with Gasteiger partial charge < -0.3 is 14.6 Å². The van der Waals surface area contributed by atoms with E-state index in [0.29, 0.717) is 29.4 Å². The minimum atomic E-state index is -3.87. The summed E-state index contributed by atoms with van der Waals surface area (Å²) in [5, 5.41) is 9.12. The van der Waals surface area contributed by atoms with Gasteiger partial charge in [-0.05, 0) is 85.0 Å². The number of hydrogen-bond acceptors (Lipinski definition) is 6. The second kappa shape index (κ2) is 10.6. The number of hydrogen-bond donors (Lipinski definition) is 1. The molecule has 0 saturated heterocycles. The predicted molar refractivity (Wildman–Crippen MR) is 124 cm³/mol. The van der Waals surface area contributed by atoms with Gasteiger partial charge in [0.15, 0.2) is 0 Å². The van der Waals surface area contributed by atoms with Crippen LogP contribution >= 0.6 is 11.8 Å². The van der Waals surface area contributed by atoms with Crippen LogP contribution in [0, 0.1) is 0 Å². The van der Waals surface area contributed by atoms with Crippen LogP contribution in [-0.2, 0) is 21.1 Å². The van der Waals surface area contributed by atoms with Crippen LogP contribution in [-0.4, -0.2) is 32.4 Å². The first-order valence-corrected chi connectivity index (χ1v) is 12.7. The summed E-state index contributed by atoms with van der Waals surface area (Å²) in [6.45, 7) is 2.33. The van der Waals surface area contributed by atoms with Gasteiger partial charge in [0, 0.05) is 4.90 Å². The lowest BCUT2D eigenvalue weighted by Gasteiger charge is -2.12. The van der Waals surface area contributed by atoms with E-state index in [0.717, 1.165) is 11.3 Å². The SMILES string of the molecule is CCCOc1cc(CC(=O)O)cc(S(=O)(=O)c2ccc(Oc3ccc(SC)cc3)cc2)c1. The topological polar surface area (TPSA) is 89.9 Å². The fourth-order valence-electron chi connectivity index (χ4n) is 2.97. The third-order valence-electron chi connectivity index (χ3n) is 4.51. The van der Waals surface area contributed by atoms with Crippen molar-refractivity contribution in [1.29, 1.82) is 0 Å². The summed E-state index contributed by atoms with van der Waals surface area (Å²) < 4.78 is 37.7. The van der Waals surface area contributed by atoms with E-state index >= 15 is 0 Å². The summed E-state index contributed by atoms with van der Waals surface area (Å²) in [7, 11) is -3.87. The zero-order valence-electron chi connectivity index (χ0n) is 17.8. The standard InChI is InChI=1S/C24H24O6S2/c1-3-12-29-20-13-17(15-24(25)26)14-23(16-20)32(27,28)22-10-6-19(7-11-22)30-18-4-8-21(31-2)9-5-18/h4-11,13-14,16H,3,12,15H2,1-2H3,(H,25,26). The van der Waals surface area contributed by atoms with Crippen molar-refractivity contribution in [3.63, 3.8) is 0 Å². The van der Waals surface area contributed by atoms with Crippen molar-refractivity contribution in [3.05, 3.63) is 72.3 Å². The molecule has 3 aromatic rings. The Kier molecular flexibility index (Phi) is 7.82. The van der Waals surface area contributed by atoms with E-state index in [1.165, 1.54) is 24.3 Å². The number of aliphatic carboxylic acids is 1. The molecule has 0 amide bonds. The van der Waals surface area contributed by atoms with Crippen LogP contribution < -0.4 is 9.47 Å². The number of carboxylic acid groups (broad SMARTS) is 1. The van der Waals surface area contributed by atoms with Gasteiger partial charge in [0.25, 0.3) is 0 Å². The maximum Gasteiger partial charge on any atom is 0.307 e. The van der Waals surface area contributed by atoms with E-state index < -0.39 is 15.8 Å². The number of ether oxygens (including phenoxy) is 2. The quantitative estimate of drug-likeness (QED) is 0.392. The molecule has 0 aliphatic heterocycles. The molecular formula is C24H24O6S2. The second-order valence-corrected chi connectivity index (χ2v) is 9.81. The Morgan fingerprint density at radius 2 is 1.53 bits per heavy atom. The average Bonchev–Trinajstić information content (AvgIpc) is 2.78. The van der Waals surface area contributed by atoms with Crippen LogP contribution in [0.3, 0.4) is 0 Å². The summed E-state index contributed by atoms with van der Waals surface area (Å²) >= 11 is 1.63. The van der Waals surface area contributed by atoms with Gasteiger partial charge in [0.05, 0.1) is 22.8 Å². The van der Waals surface area contributed by atoms with E-state index in [9.17, 15) is 13.2 Å². The smallest absolute Gasteiger partial charge is 0.307 e. The van der Waals surface area contributed by atoms with Gasteiger partial charge >= 0.3 is 5.97 Å². The van der Waals surface area contributed by atoms with Gasteiger partial charge in [-0.2, -0.15) is 0 Å². The Morgan fingerprint density at radius 1 is 0.906 bits per heavy atom. The number of benzene rings is 3. The lowest BCUT2D eigenvalue weighted by Crippen LogP contribution is -2.07. The van der Waals surface area contributed by atoms with Crippen molar-refractivity contribution in [2.24, 2.45) is 0 Å². The Hall–Kier alpha value is -2.97. The molecule has 8 heteroatoms. The summed E-state index contributed by atoms with van der Waals surface area (Å²) in [5.41, 5.74) is 0.360. The molecule has 6 nitrogen and oxygen atoms in total. The van der Waals surface area contributed by atoms with Crippen molar-refractivity contribution in [2.45, 2.75) is 34.5 Å². The molecule has 0 fully saturated rings. The first kappa shape index (κ1) is 23.7. The van der Waals surface area contributed by atoms with Crippen molar-refractivity contribution in [3.8, 4) is 17.2 Å². The van der Waals surface area contributed by atoms with Gasteiger partial charge in [-0.1, -0.05) is 6.92 Å². The molecule has 0 aromatic heterocycles. The number of rotatable bonds is 10. The molecule has 3 rings (SSSR count). The van der Waals surface area contributed by atoms with Crippen LogP contribution in [0.5, 0.6) is 17.2 Å². The Labute approximate surface area is 192 Å². The number of carbonyl (C=O) groups is 1. The first-order valence-electron chi connectivity index (χ1n) is 9.97. The lowest BCUT2D eigenvalue weighted by molar-refractivity contribution is -0.136. The third-order valence-corrected chi connectivity index (χ3v) is 7.00. The van der Waals surface area contributed by atoms with E-state index in [1.807, 2.05) is 37.4 Å². The summed E-state index contributed by atoms with van der Waals surface area (Å²) in [6.07, 6.45) is 2.44. The van der Waals surface area contributed by atoms with Crippen molar-refractivity contribution in [1.82, 2.24) is 0 Å². The fraction of sp³-hybridized carbons (Fsp3) is 0.208. The maximum atomic E-state index is 13.2. The van der Waals surface area contributed by atoms with E-state index in [1.54, 1.807) is 30.0 Å². The van der Waals surface area contributed by atoms with Crippen LogP contribution in [0.1, 0.15) is 18.9 Å². The normalized spacial score (nSPS) is 11.2. The van der Waals surface area contributed by atoms with Gasteiger partial charge in [-0.3, -0.25) is 4.79 Å². The minimum Gasteiger partial charge on any atom is -0.494 e. The zero-order valence-corrected chi connectivity index (χ0v) is 19.4. The van der Waals surface area contributed by atoms with E-state index in [-0.39, 0.29) is 16.2 Å². The highest BCUT2D eigenvalue weighted by atomic mass is 32.2. The Balaban J connectivity index is 1.86. The molecule has 1 N–H and O–H groups in total. The largest absolute Gasteiger partial charge is 0.494 e. The van der Waals surface area contributed by atoms with Gasteiger partial charge in [0.2, 0.25) is 9.84 Å². The Morgan fingerprint density at radius 3 is 2.09 bits per heavy atom. The predicted octanol–water partition coefficient (Wildman–Crippen LogP) is 5.45. The number of carboxylic acids is 1. The second-order valence-electron chi connectivity index (χ2n) is 6.98. The van der Waals surface area contributed by atoms with Gasteiger partial charge in [-0.25, -0.2) is 8.42 Å². The van der Waals surface area contributed by atoms with Crippen LogP contribution in [0.25, 0.3) is 0 Å². The summed E-state index contributed by atoms with van der Waals surface area (Å²) in [4.78, 5) is 12.3. The van der Waals surface area contributed by atoms with Crippen LogP contribution in [0.2, 0.25) is 0 Å². The molecule has 168 valence electrons. The summed E-state index contributed by atoms with van der Waals surface area (Å²) in [5.74, 6) is 0.441. The van der Waals surface area contributed by atoms with Crippen molar-refractivity contribution < 1.29 is 27.8 Å². The minimum absolute atomic E-state index is 0.0105. The average molecular weight is 473 g/mol. The van der Waals surface area contributed by atoms with Crippen LogP contribution in [0.4, 0.5) is 0 Å². The fourth-order valence-corrected chi connectivity index (χ4v) is 4.72. The summed E-state index contributed by atoms with van der Waals surface area (Å²) in [6, 6.07) is 18.1. The molecule has 3 aromatic carbocycles. The monoisotopic (exact) mass is 472 g/mol. The molecular weight excluding hydrogens is 448 g/mol. The van der Waals surface area contributed by atoms with Gasteiger partial charge in [0.1, 0.15) is 17.2 Å². The number of thioether (sulfide) groups is 1. The van der Waals surface area contributed by atoms with Crippen molar-refractivity contribution >= 4 is 27.6 Å². The Bertz CT molecular complexity index is 1170. The molecule has 0 spiro atoms. The van der Waals surface area contributed by atoms with E-state index in [4.69, 9.17) is 14.6 Å². The molecule has 32 heavy (non-hydrogen) atoms. The molecule has 0 aliphatic rings. The molecule has 0 atom stereocenters. The first-order chi connectivity index (χ1) is 15.3. The van der Waals surface area contributed by atoms with Crippen molar-refractivity contribution in [2.75, 3.05) is 12.9 Å². The molecule has 0 radical (unpaired) electrons. The molecule has 0 bridgehead atoms. The highest BCUT2D eigenvalue weighted by Gasteiger charge is 2.20. The van der Waals surface area contributed by atoms with Crippen LogP contribution in [0.15, 0.2) is 81.4 Å². The maximum absolute atomic E-state index is 13.2. The van der Waals surface area contributed by atoms with Gasteiger partial charge in [-0.15, -0.1) is 11.8 Å². The molecule has 0 saturated carbocycles. The molecule has 0 aliphatic carbocycles. The lowest BCUT2D eigenvalue weighted by atomic mass is 10.1. The third kappa shape index (κ3) is 6.05.